The van der Waals surface area contributed by atoms with E-state index in [2.05, 4.69) is 10.2 Å². The van der Waals surface area contributed by atoms with E-state index in [0.717, 1.165) is 57.7 Å². The molecule has 1 amide bonds. The van der Waals surface area contributed by atoms with E-state index in [1.807, 2.05) is 54.0 Å². The van der Waals surface area contributed by atoms with Gasteiger partial charge in [0.15, 0.2) is 0 Å². The Hall–Kier alpha value is -3.10. The maximum Gasteiger partial charge on any atom is 0.229 e. The van der Waals surface area contributed by atoms with Crippen molar-refractivity contribution in [3.63, 3.8) is 0 Å². The second-order valence-corrected chi connectivity index (χ2v) is 9.57. The first-order chi connectivity index (χ1) is 16.0. The number of hydrogen-bond donors (Lipinski definition) is 1. The van der Waals surface area contributed by atoms with Crippen molar-refractivity contribution in [1.29, 1.82) is 0 Å². The van der Waals surface area contributed by atoms with Gasteiger partial charge in [0, 0.05) is 29.4 Å². The zero-order valence-corrected chi connectivity index (χ0v) is 20.0. The van der Waals surface area contributed by atoms with E-state index >= 15 is 0 Å². The molecular weight excluding hydrogens is 458 g/mol. The molecular formula is C24H24ClN5O2S. The number of halogens is 1. The van der Waals surface area contributed by atoms with Crippen molar-refractivity contribution in [2.75, 3.05) is 30.4 Å². The second-order valence-electron chi connectivity index (χ2n) is 8.20. The van der Waals surface area contributed by atoms with Crippen molar-refractivity contribution < 1.29 is 9.53 Å². The number of ether oxygens (including phenoxy) is 1. The quantitative estimate of drug-likeness (QED) is 0.419. The summed E-state index contributed by atoms with van der Waals surface area (Å²) in [6, 6.07) is 13.4. The van der Waals surface area contributed by atoms with Gasteiger partial charge in [-0.2, -0.15) is 0 Å². The highest BCUT2D eigenvalue weighted by atomic mass is 35.5. The molecule has 0 radical (unpaired) electrons. The number of nitrogens with zero attached hydrogens (tertiary/aromatic N) is 4. The van der Waals surface area contributed by atoms with E-state index in [1.165, 1.54) is 0 Å². The standard InChI is InChI=1S/C24H24ClN5O2S/c1-15-5-8-18(25)12-20(15)26-22(31)17-4-3-11-29(13-17)24-28-30-14-21(27-23(30)33-24)16-6-9-19(32-2)10-7-16/h5-10,12,14,17H,3-4,11,13H2,1-2H3,(H,26,31)/t17-/m1/s1. The third-order valence-electron chi connectivity index (χ3n) is 5.94. The fraction of sp³-hybridized carbons (Fsp3) is 0.292. The van der Waals surface area contributed by atoms with Gasteiger partial charge in [-0.15, -0.1) is 5.10 Å². The molecule has 7 nitrogen and oxygen atoms in total. The van der Waals surface area contributed by atoms with Gasteiger partial charge in [-0.05, 0) is 61.7 Å². The number of imidazole rings is 1. The predicted molar refractivity (Wildman–Crippen MR) is 133 cm³/mol. The first-order valence-electron chi connectivity index (χ1n) is 10.8. The van der Waals surface area contributed by atoms with Gasteiger partial charge in [0.05, 0.1) is 24.9 Å². The molecule has 2 aromatic carbocycles. The van der Waals surface area contributed by atoms with Crippen LogP contribution in [0.15, 0.2) is 48.7 Å². The van der Waals surface area contributed by atoms with E-state index in [4.69, 9.17) is 26.4 Å². The minimum atomic E-state index is -0.108. The van der Waals surface area contributed by atoms with Gasteiger partial charge in [0.25, 0.3) is 0 Å². The van der Waals surface area contributed by atoms with E-state index < -0.39 is 0 Å². The van der Waals surface area contributed by atoms with E-state index in [-0.39, 0.29) is 11.8 Å². The van der Waals surface area contributed by atoms with Crippen molar-refractivity contribution in [3.05, 3.63) is 59.2 Å². The molecule has 0 bridgehead atoms. The smallest absolute Gasteiger partial charge is 0.229 e. The van der Waals surface area contributed by atoms with E-state index in [9.17, 15) is 4.79 Å². The largest absolute Gasteiger partial charge is 0.497 e. The number of amides is 1. The maximum absolute atomic E-state index is 13.0. The van der Waals surface area contributed by atoms with Gasteiger partial charge >= 0.3 is 0 Å². The molecule has 0 unspecified atom stereocenters. The van der Waals surface area contributed by atoms with Crippen molar-refractivity contribution in [2.24, 2.45) is 5.92 Å². The van der Waals surface area contributed by atoms with Crippen LogP contribution in [0.5, 0.6) is 5.75 Å². The van der Waals surface area contributed by atoms with Crippen LogP contribution in [0.3, 0.4) is 0 Å². The highest BCUT2D eigenvalue weighted by Crippen LogP contribution is 2.31. The van der Waals surface area contributed by atoms with Crippen LogP contribution in [0.2, 0.25) is 5.02 Å². The third-order valence-corrected chi connectivity index (χ3v) is 7.16. The Bertz CT molecular complexity index is 1270. The number of nitrogens with one attached hydrogen (secondary N) is 1. The molecule has 170 valence electrons. The Morgan fingerprint density at radius 1 is 1.24 bits per heavy atom. The summed E-state index contributed by atoms with van der Waals surface area (Å²) in [7, 11) is 1.65. The predicted octanol–water partition coefficient (Wildman–Crippen LogP) is 5.28. The lowest BCUT2D eigenvalue weighted by molar-refractivity contribution is -0.120. The Kier molecular flexibility index (Phi) is 5.95. The number of fused-ring (bicyclic) bond motifs is 1. The summed E-state index contributed by atoms with van der Waals surface area (Å²) < 4.78 is 7.04. The summed E-state index contributed by atoms with van der Waals surface area (Å²) in [6.07, 6.45) is 3.73. The number of hydrogen-bond acceptors (Lipinski definition) is 6. The van der Waals surface area contributed by atoms with E-state index in [1.54, 1.807) is 24.5 Å². The first-order valence-corrected chi connectivity index (χ1v) is 12.0. The zero-order valence-electron chi connectivity index (χ0n) is 18.4. The highest BCUT2D eigenvalue weighted by molar-refractivity contribution is 7.20. The summed E-state index contributed by atoms with van der Waals surface area (Å²) in [5.41, 5.74) is 3.65. The second kappa shape index (κ2) is 9.03. The molecule has 9 heteroatoms. The number of carbonyl (C=O) groups is 1. The van der Waals surface area contributed by atoms with Crippen LogP contribution in [-0.2, 0) is 4.79 Å². The zero-order chi connectivity index (χ0) is 22.9. The van der Waals surface area contributed by atoms with Gasteiger partial charge < -0.3 is 15.0 Å². The minimum absolute atomic E-state index is 0.0215. The van der Waals surface area contributed by atoms with Crippen LogP contribution < -0.4 is 15.0 Å². The normalized spacial score (nSPS) is 16.2. The van der Waals surface area contributed by atoms with Gasteiger partial charge in [-0.1, -0.05) is 29.0 Å². The monoisotopic (exact) mass is 481 g/mol. The van der Waals surface area contributed by atoms with Crippen LogP contribution in [0, 0.1) is 12.8 Å². The molecule has 0 aliphatic carbocycles. The lowest BCUT2D eigenvalue weighted by Crippen LogP contribution is -2.40. The lowest BCUT2D eigenvalue weighted by Gasteiger charge is -2.31. The first kappa shape index (κ1) is 21.7. The van der Waals surface area contributed by atoms with Crippen molar-refractivity contribution >= 4 is 44.6 Å². The minimum Gasteiger partial charge on any atom is -0.497 e. The number of rotatable bonds is 5. The maximum atomic E-state index is 13.0. The third kappa shape index (κ3) is 4.54. The van der Waals surface area contributed by atoms with Crippen molar-refractivity contribution in [3.8, 4) is 17.0 Å². The Morgan fingerprint density at radius 2 is 2.06 bits per heavy atom. The molecule has 3 heterocycles. The fourth-order valence-electron chi connectivity index (χ4n) is 4.05. The summed E-state index contributed by atoms with van der Waals surface area (Å²) >= 11 is 7.64. The SMILES string of the molecule is COc1ccc(-c2cn3nc(N4CCC[C@@H](C(=O)Nc5cc(Cl)ccc5C)C4)sc3n2)cc1. The van der Waals surface area contributed by atoms with Gasteiger partial charge in [0.2, 0.25) is 16.0 Å². The summed E-state index contributed by atoms with van der Waals surface area (Å²) in [4.78, 5) is 20.7. The number of carbonyl (C=O) groups excluding carboxylic acids is 1. The Morgan fingerprint density at radius 3 is 2.82 bits per heavy atom. The Balaban J connectivity index is 1.29. The molecule has 33 heavy (non-hydrogen) atoms. The highest BCUT2D eigenvalue weighted by Gasteiger charge is 2.28. The molecule has 1 atom stereocenters. The summed E-state index contributed by atoms with van der Waals surface area (Å²) in [5.74, 6) is 0.728. The summed E-state index contributed by atoms with van der Waals surface area (Å²) in [6.45, 7) is 3.47. The number of methoxy groups -OCH3 is 1. The van der Waals surface area contributed by atoms with Crippen LogP contribution >= 0.6 is 22.9 Å². The van der Waals surface area contributed by atoms with Gasteiger partial charge in [-0.3, -0.25) is 4.79 Å². The molecule has 4 aromatic rings. The topological polar surface area (TPSA) is 71.8 Å². The molecule has 1 saturated heterocycles. The molecule has 0 spiro atoms. The number of benzene rings is 2. The van der Waals surface area contributed by atoms with Gasteiger partial charge in [0.1, 0.15) is 5.75 Å². The summed E-state index contributed by atoms with van der Waals surface area (Å²) in [5, 5.41) is 9.30. The molecule has 0 saturated carbocycles. The fourth-order valence-corrected chi connectivity index (χ4v) is 5.14. The number of aromatic nitrogens is 3. The Labute approximate surface area is 201 Å². The number of piperidine rings is 1. The molecule has 1 fully saturated rings. The molecule has 1 N–H and O–H groups in total. The molecule has 5 rings (SSSR count). The molecule has 1 aliphatic rings. The average molecular weight is 482 g/mol. The van der Waals surface area contributed by atoms with Crippen LogP contribution in [0.1, 0.15) is 18.4 Å². The van der Waals surface area contributed by atoms with Crippen LogP contribution in [0.25, 0.3) is 16.2 Å². The van der Waals surface area contributed by atoms with Crippen LogP contribution in [-0.4, -0.2) is 40.7 Å². The van der Waals surface area contributed by atoms with Gasteiger partial charge in [-0.25, -0.2) is 9.50 Å². The average Bonchev–Trinajstić information content (AvgIpc) is 3.41. The lowest BCUT2D eigenvalue weighted by atomic mass is 9.97. The number of aryl methyl sites for hydroxylation is 1. The number of anilines is 2. The van der Waals surface area contributed by atoms with Crippen LogP contribution in [0.4, 0.5) is 10.8 Å². The van der Waals surface area contributed by atoms with E-state index in [0.29, 0.717) is 11.6 Å². The van der Waals surface area contributed by atoms with Crippen molar-refractivity contribution in [2.45, 2.75) is 19.8 Å². The van der Waals surface area contributed by atoms with Crippen molar-refractivity contribution in [1.82, 2.24) is 14.6 Å². The molecule has 2 aromatic heterocycles. The molecule has 1 aliphatic heterocycles.